The summed E-state index contributed by atoms with van der Waals surface area (Å²) in [5.74, 6) is 1.76. The molecule has 148 valence electrons. The molecular weight excluding hydrogens is 368 g/mol. The van der Waals surface area contributed by atoms with Crippen LogP contribution >= 0.6 is 0 Å². The van der Waals surface area contributed by atoms with Crippen LogP contribution in [0.4, 0.5) is 17.6 Å². The zero-order chi connectivity index (χ0) is 20.2. The number of anilines is 3. The topological polar surface area (TPSA) is 92.3 Å². The Labute approximate surface area is 169 Å². The molecule has 3 aromatic rings. The number of fused-ring (bicyclic) bond motifs is 1. The van der Waals surface area contributed by atoms with E-state index in [1.807, 2.05) is 24.3 Å². The van der Waals surface area contributed by atoms with Crippen LogP contribution in [0.2, 0.25) is 0 Å². The molecule has 2 heterocycles. The fourth-order valence-electron chi connectivity index (χ4n) is 3.42. The molecule has 0 saturated carbocycles. The molecule has 1 amide bonds. The van der Waals surface area contributed by atoms with Gasteiger partial charge in [0.05, 0.1) is 7.11 Å². The number of aromatic nitrogens is 3. The lowest BCUT2D eigenvalue weighted by atomic mass is 9.99. The lowest BCUT2D eigenvalue weighted by Crippen LogP contribution is -2.32. The highest BCUT2D eigenvalue weighted by atomic mass is 16.5. The first-order valence-corrected chi connectivity index (χ1v) is 9.36. The van der Waals surface area contributed by atoms with Crippen molar-refractivity contribution >= 4 is 23.5 Å². The van der Waals surface area contributed by atoms with Crippen molar-refractivity contribution in [1.82, 2.24) is 20.3 Å². The SMILES string of the molecule is CNC(=O)c1cccc(Nc2ncnc(N3CCc4cccc(OC)c4C3)n2)c1. The summed E-state index contributed by atoms with van der Waals surface area (Å²) in [4.78, 5) is 27.1. The number of benzene rings is 2. The van der Waals surface area contributed by atoms with Gasteiger partial charge in [-0.25, -0.2) is 9.97 Å². The molecule has 2 N–H and O–H groups in total. The van der Waals surface area contributed by atoms with Gasteiger partial charge in [0.1, 0.15) is 12.1 Å². The number of amides is 1. The van der Waals surface area contributed by atoms with Crippen molar-refractivity contribution in [3.05, 3.63) is 65.5 Å². The molecule has 0 bridgehead atoms. The van der Waals surface area contributed by atoms with Crippen molar-refractivity contribution in [2.24, 2.45) is 0 Å². The molecule has 8 heteroatoms. The van der Waals surface area contributed by atoms with E-state index in [-0.39, 0.29) is 5.91 Å². The van der Waals surface area contributed by atoms with Crippen molar-refractivity contribution in [3.63, 3.8) is 0 Å². The number of nitrogens with one attached hydrogen (secondary N) is 2. The highest BCUT2D eigenvalue weighted by Gasteiger charge is 2.21. The lowest BCUT2D eigenvalue weighted by molar-refractivity contribution is 0.0963. The summed E-state index contributed by atoms with van der Waals surface area (Å²) in [5, 5.41) is 5.77. The number of carbonyl (C=O) groups is 1. The van der Waals surface area contributed by atoms with Crippen LogP contribution in [0.25, 0.3) is 0 Å². The van der Waals surface area contributed by atoms with Crippen LogP contribution in [0.5, 0.6) is 5.75 Å². The second kappa shape index (κ2) is 8.14. The van der Waals surface area contributed by atoms with E-state index >= 15 is 0 Å². The predicted octanol–water partition coefficient (Wildman–Crippen LogP) is 2.55. The van der Waals surface area contributed by atoms with Crippen molar-refractivity contribution < 1.29 is 9.53 Å². The molecule has 0 unspecified atom stereocenters. The summed E-state index contributed by atoms with van der Waals surface area (Å²) in [6.45, 7) is 1.49. The van der Waals surface area contributed by atoms with Crippen molar-refractivity contribution in [1.29, 1.82) is 0 Å². The Kier molecular flexibility index (Phi) is 5.24. The second-order valence-electron chi connectivity index (χ2n) is 6.66. The third-order valence-electron chi connectivity index (χ3n) is 4.90. The summed E-state index contributed by atoms with van der Waals surface area (Å²) in [7, 11) is 3.29. The molecule has 0 saturated heterocycles. The van der Waals surface area contributed by atoms with Crippen LogP contribution in [0.1, 0.15) is 21.5 Å². The van der Waals surface area contributed by atoms with Gasteiger partial charge < -0.3 is 20.3 Å². The Hall–Kier alpha value is -3.68. The summed E-state index contributed by atoms with van der Waals surface area (Å²) in [5.41, 5.74) is 3.74. The Bertz CT molecular complexity index is 1020. The van der Waals surface area contributed by atoms with E-state index in [1.165, 1.54) is 11.9 Å². The van der Waals surface area contributed by atoms with E-state index in [0.29, 0.717) is 24.0 Å². The van der Waals surface area contributed by atoms with Gasteiger partial charge in [0, 0.05) is 37.0 Å². The first-order valence-electron chi connectivity index (χ1n) is 9.36. The molecular formula is C21H22N6O2. The zero-order valence-corrected chi connectivity index (χ0v) is 16.3. The van der Waals surface area contributed by atoms with Crippen LogP contribution in [0.3, 0.4) is 0 Å². The quantitative estimate of drug-likeness (QED) is 0.692. The van der Waals surface area contributed by atoms with Gasteiger partial charge in [-0.3, -0.25) is 4.79 Å². The van der Waals surface area contributed by atoms with E-state index in [9.17, 15) is 4.79 Å². The Morgan fingerprint density at radius 3 is 2.86 bits per heavy atom. The molecule has 1 aromatic heterocycles. The highest BCUT2D eigenvalue weighted by Crippen LogP contribution is 2.29. The minimum Gasteiger partial charge on any atom is -0.496 e. The monoisotopic (exact) mass is 390 g/mol. The Balaban J connectivity index is 1.55. The lowest BCUT2D eigenvalue weighted by Gasteiger charge is -2.29. The number of carbonyl (C=O) groups excluding carboxylic acids is 1. The Morgan fingerprint density at radius 1 is 1.17 bits per heavy atom. The predicted molar refractivity (Wildman–Crippen MR) is 111 cm³/mol. The average molecular weight is 390 g/mol. The van der Waals surface area contributed by atoms with Crippen LogP contribution in [-0.4, -0.2) is 41.6 Å². The van der Waals surface area contributed by atoms with Gasteiger partial charge in [0.2, 0.25) is 11.9 Å². The maximum atomic E-state index is 11.8. The van der Waals surface area contributed by atoms with Gasteiger partial charge in [-0.05, 0) is 36.2 Å². The van der Waals surface area contributed by atoms with E-state index in [0.717, 1.165) is 30.0 Å². The molecule has 2 aromatic carbocycles. The summed E-state index contributed by atoms with van der Waals surface area (Å²) in [6.07, 6.45) is 2.39. The third kappa shape index (κ3) is 3.96. The highest BCUT2D eigenvalue weighted by molar-refractivity contribution is 5.95. The van der Waals surface area contributed by atoms with Gasteiger partial charge in [-0.1, -0.05) is 18.2 Å². The Morgan fingerprint density at radius 2 is 2.03 bits per heavy atom. The van der Waals surface area contributed by atoms with Gasteiger partial charge in [-0.15, -0.1) is 0 Å². The molecule has 0 radical (unpaired) electrons. The number of methoxy groups -OCH3 is 1. The van der Waals surface area contributed by atoms with E-state index in [4.69, 9.17) is 4.74 Å². The molecule has 8 nitrogen and oxygen atoms in total. The molecule has 0 aliphatic carbocycles. The maximum absolute atomic E-state index is 11.8. The number of hydrogen-bond acceptors (Lipinski definition) is 7. The van der Waals surface area contributed by atoms with Gasteiger partial charge in [-0.2, -0.15) is 4.98 Å². The maximum Gasteiger partial charge on any atom is 0.251 e. The normalized spacial score (nSPS) is 12.8. The smallest absolute Gasteiger partial charge is 0.251 e. The molecule has 1 aliphatic heterocycles. The molecule has 0 atom stereocenters. The van der Waals surface area contributed by atoms with Gasteiger partial charge >= 0.3 is 0 Å². The minimum absolute atomic E-state index is 0.147. The molecule has 0 spiro atoms. The van der Waals surface area contributed by atoms with Crippen LogP contribution in [0, 0.1) is 0 Å². The van der Waals surface area contributed by atoms with E-state index in [2.05, 4.69) is 36.6 Å². The van der Waals surface area contributed by atoms with Crippen molar-refractivity contribution in [3.8, 4) is 5.75 Å². The molecule has 4 rings (SSSR count). The number of ether oxygens (including phenoxy) is 1. The van der Waals surface area contributed by atoms with Gasteiger partial charge in [0.15, 0.2) is 0 Å². The molecule has 29 heavy (non-hydrogen) atoms. The fourth-order valence-corrected chi connectivity index (χ4v) is 3.42. The standard InChI is InChI=1S/C21H22N6O2/c1-22-19(28)15-6-3-7-16(11-15)25-20-23-13-24-21(26-20)27-10-9-14-5-4-8-18(29-2)17(14)12-27/h3-8,11,13H,9-10,12H2,1-2H3,(H,22,28)(H,23,24,25,26). The van der Waals surface area contributed by atoms with Crippen molar-refractivity contribution in [2.75, 3.05) is 30.9 Å². The summed E-state index contributed by atoms with van der Waals surface area (Å²) < 4.78 is 5.51. The number of hydrogen-bond donors (Lipinski definition) is 2. The molecule has 1 aliphatic rings. The average Bonchev–Trinajstić information content (AvgIpc) is 2.78. The first kappa shape index (κ1) is 18.7. The van der Waals surface area contributed by atoms with Crippen LogP contribution < -0.4 is 20.3 Å². The molecule has 0 fully saturated rings. The van der Waals surface area contributed by atoms with Gasteiger partial charge in [0.25, 0.3) is 5.91 Å². The number of nitrogens with zero attached hydrogens (tertiary/aromatic N) is 4. The summed E-state index contributed by atoms with van der Waals surface area (Å²) >= 11 is 0. The second-order valence-corrected chi connectivity index (χ2v) is 6.66. The van der Waals surface area contributed by atoms with Crippen molar-refractivity contribution in [2.45, 2.75) is 13.0 Å². The van der Waals surface area contributed by atoms with E-state index < -0.39 is 0 Å². The van der Waals surface area contributed by atoms with Crippen LogP contribution in [0.15, 0.2) is 48.8 Å². The fraction of sp³-hybridized carbons (Fsp3) is 0.238. The first-order chi connectivity index (χ1) is 14.2. The number of rotatable bonds is 5. The zero-order valence-electron chi connectivity index (χ0n) is 16.3. The van der Waals surface area contributed by atoms with E-state index in [1.54, 1.807) is 26.3 Å². The largest absolute Gasteiger partial charge is 0.496 e. The minimum atomic E-state index is -0.147. The summed E-state index contributed by atoms with van der Waals surface area (Å²) in [6, 6.07) is 13.3. The van der Waals surface area contributed by atoms with Crippen LogP contribution in [-0.2, 0) is 13.0 Å². The third-order valence-corrected chi connectivity index (χ3v) is 4.90.